The number of ether oxygens (including phenoxy) is 1. The van der Waals surface area contributed by atoms with Gasteiger partial charge < -0.3 is 10.1 Å². The molecule has 0 heterocycles. The van der Waals surface area contributed by atoms with Gasteiger partial charge in [-0.25, -0.2) is 0 Å². The van der Waals surface area contributed by atoms with Gasteiger partial charge >= 0.3 is 5.97 Å². The van der Waals surface area contributed by atoms with Gasteiger partial charge in [0.25, 0.3) is 5.91 Å². The average Bonchev–Trinajstić information content (AvgIpc) is 2.55. The lowest BCUT2D eigenvalue weighted by atomic mass is 10.1. The summed E-state index contributed by atoms with van der Waals surface area (Å²) < 4.78 is 5.01. The zero-order valence-electron chi connectivity index (χ0n) is 13.5. The van der Waals surface area contributed by atoms with Gasteiger partial charge in [-0.1, -0.05) is 48.0 Å². The van der Waals surface area contributed by atoms with Crippen LogP contribution in [0.1, 0.15) is 16.7 Å². The SMILES string of the molecule is Cc1ccccc1CC(=O)OCC(=O)NCCc1cccc(Cl)c1. The van der Waals surface area contributed by atoms with E-state index in [9.17, 15) is 9.59 Å². The fourth-order valence-corrected chi connectivity index (χ4v) is 2.46. The van der Waals surface area contributed by atoms with Crippen LogP contribution < -0.4 is 5.32 Å². The number of benzene rings is 2. The third-order valence-corrected chi connectivity index (χ3v) is 3.82. The number of nitrogens with one attached hydrogen (secondary N) is 1. The molecule has 2 aromatic carbocycles. The number of aryl methyl sites for hydroxylation is 1. The molecule has 0 unspecified atom stereocenters. The van der Waals surface area contributed by atoms with Crippen LogP contribution in [0.25, 0.3) is 0 Å². The molecule has 24 heavy (non-hydrogen) atoms. The molecule has 4 nitrogen and oxygen atoms in total. The topological polar surface area (TPSA) is 55.4 Å². The van der Waals surface area contributed by atoms with Crippen molar-refractivity contribution < 1.29 is 14.3 Å². The van der Waals surface area contributed by atoms with E-state index in [4.69, 9.17) is 16.3 Å². The zero-order valence-corrected chi connectivity index (χ0v) is 14.3. The Morgan fingerprint density at radius 2 is 1.92 bits per heavy atom. The molecule has 1 N–H and O–H groups in total. The Balaban J connectivity index is 1.67. The van der Waals surface area contributed by atoms with Crippen molar-refractivity contribution in [2.45, 2.75) is 19.8 Å². The molecule has 2 rings (SSSR count). The number of hydrogen-bond donors (Lipinski definition) is 1. The van der Waals surface area contributed by atoms with Crippen LogP contribution in [0.15, 0.2) is 48.5 Å². The van der Waals surface area contributed by atoms with Gasteiger partial charge in [-0.3, -0.25) is 9.59 Å². The fourth-order valence-electron chi connectivity index (χ4n) is 2.25. The van der Waals surface area contributed by atoms with E-state index in [1.165, 1.54) is 0 Å². The van der Waals surface area contributed by atoms with Gasteiger partial charge in [0, 0.05) is 11.6 Å². The van der Waals surface area contributed by atoms with Crippen molar-refractivity contribution in [3.63, 3.8) is 0 Å². The minimum atomic E-state index is -0.408. The Bertz CT molecular complexity index is 715. The van der Waals surface area contributed by atoms with Gasteiger partial charge in [0.2, 0.25) is 0 Å². The first-order valence-corrected chi connectivity index (χ1v) is 8.13. The minimum Gasteiger partial charge on any atom is -0.455 e. The molecule has 0 aliphatic rings. The first-order chi connectivity index (χ1) is 11.5. The summed E-state index contributed by atoms with van der Waals surface area (Å²) in [7, 11) is 0. The van der Waals surface area contributed by atoms with Gasteiger partial charge in [-0.15, -0.1) is 0 Å². The van der Waals surface area contributed by atoms with Crippen LogP contribution in [-0.4, -0.2) is 25.0 Å². The Hall–Kier alpha value is -2.33. The second-order valence-electron chi connectivity index (χ2n) is 5.49. The molecule has 0 aromatic heterocycles. The molecular weight excluding hydrogens is 326 g/mol. The maximum absolute atomic E-state index is 11.8. The molecule has 0 bridgehead atoms. The summed E-state index contributed by atoms with van der Waals surface area (Å²) in [6.45, 7) is 2.14. The first-order valence-electron chi connectivity index (χ1n) is 7.76. The van der Waals surface area contributed by atoms with Gasteiger partial charge in [-0.2, -0.15) is 0 Å². The van der Waals surface area contributed by atoms with E-state index in [-0.39, 0.29) is 18.9 Å². The van der Waals surface area contributed by atoms with Crippen molar-refractivity contribution in [2.24, 2.45) is 0 Å². The molecule has 0 aliphatic carbocycles. The van der Waals surface area contributed by atoms with E-state index in [0.717, 1.165) is 16.7 Å². The fraction of sp³-hybridized carbons (Fsp3) is 0.263. The molecule has 0 saturated carbocycles. The lowest BCUT2D eigenvalue weighted by molar-refractivity contribution is -0.147. The largest absolute Gasteiger partial charge is 0.455 e. The zero-order chi connectivity index (χ0) is 17.4. The van der Waals surface area contributed by atoms with Crippen LogP contribution in [0.2, 0.25) is 5.02 Å². The summed E-state index contributed by atoms with van der Waals surface area (Å²) >= 11 is 5.90. The number of amides is 1. The molecule has 0 fully saturated rings. The number of rotatable bonds is 7. The van der Waals surface area contributed by atoms with Gasteiger partial charge in [0.1, 0.15) is 0 Å². The molecular formula is C19H20ClNO3. The van der Waals surface area contributed by atoms with Crippen molar-refractivity contribution in [1.82, 2.24) is 5.32 Å². The van der Waals surface area contributed by atoms with Crippen LogP contribution >= 0.6 is 11.6 Å². The van der Waals surface area contributed by atoms with Gasteiger partial charge in [0.15, 0.2) is 6.61 Å². The van der Waals surface area contributed by atoms with Crippen molar-refractivity contribution in [3.8, 4) is 0 Å². The highest BCUT2D eigenvalue weighted by atomic mass is 35.5. The molecule has 2 aromatic rings. The highest BCUT2D eigenvalue weighted by Gasteiger charge is 2.09. The van der Waals surface area contributed by atoms with Crippen molar-refractivity contribution >= 4 is 23.5 Å². The van der Waals surface area contributed by atoms with E-state index in [2.05, 4.69) is 5.32 Å². The minimum absolute atomic E-state index is 0.169. The number of hydrogen-bond acceptors (Lipinski definition) is 3. The highest BCUT2D eigenvalue weighted by molar-refractivity contribution is 6.30. The number of esters is 1. The lowest BCUT2D eigenvalue weighted by Gasteiger charge is -2.08. The summed E-state index contributed by atoms with van der Waals surface area (Å²) in [4.78, 5) is 23.5. The van der Waals surface area contributed by atoms with Crippen molar-refractivity contribution in [3.05, 3.63) is 70.2 Å². The Morgan fingerprint density at radius 3 is 2.67 bits per heavy atom. The summed E-state index contributed by atoms with van der Waals surface area (Å²) in [5, 5.41) is 3.39. The Kier molecular flexibility index (Phi) is 6.82. The monoisotopic (exact) mass is 345 g/mol. The van der Waals surface area contributed by atoms with Crippen molar-refractivity contribution in [2.75, 3.05) is 13.2 Å². The summed E-state index contributed by atoms with van der Waals surface area (Å²) in [5.41, 5.74) is 2.98. The van der Waals surface area contributed by atoms with Crippen LogP contribution in [0, 0.1) is 6.92 Å². The predicted octanol–water partition coefficient (Wildman–Crippen LogP) is 3.09. The molecule has 0 saturated heterocycles. The number of halogens is 1. The first kappa shape index (κ1) is 18.0. The van der Waals surface area contributed by atoms with E-state index >= 15 is 0 Å². The summed E-state index contributed by atoms with van der Waals surface area (Å²) in [6, 6.07) is 15.1. The summed E-state index contributed by atoms with van der Waals surface area (Å²) in [6.07, 6.45) is 0.839. The van der Waals surface area contributed by atoms with E-state index in [1.54, 1.807) is 6.07 Å². The van der Waals surface area contributed by atoms with E-state index in [1.807, 2.05) is 49.4 Å². The van der Waals surface area contributed by atoms with E-state index < -0.39 is 5.97 Å². The Labute approximate surface area is 146 Å². The lowest BCUT2D eigenvalue weighted by Crippen LogP contribution is -2.30. The Morgan fingerprint density at radius 1 is 1.12 bits per heavy atom. The molecule has 0 aliphatic heterocycles. The number of carbonyl (C=O) groups is 2. The highest BCUT2D eigenvalue weighted by Crippen LogP contribution is 2.10. The quantitative estimate of drug-likeness (QED) is 0.784. The standard InChI is InChI=1S/C19H20ClNO3/c1-14-5-2-3-7-16(14)12-19(23)24-13-18(22)21-10-9-15-6-4-8-17(20)11-15/h2-8,11H,9-10,12-13H2,1H3,(H,21,22). The van der Waals surface area contributed by atoms with Crippen LogP contribution in [-0.2, 0) is 27.2 Å². The molecule has 0 atom stereocenters. The third kappa shape index (κ3) is 6.05. The van der Waals surface area contributed by atoms with Crippen LogP contribution in [0.3, 0.4) is 0 Å². The second kappa shape index (κ2) is 9.08. The smallest absolute Gasteiger partial charge is 0.310 e. The summed E-state index contributed by atoms with van der Waals surface area (Å²) in [5.74, 6) is -0.718. The molecule has 1 amide bonds. The maximum atomic E-state index is 11.8. The normalized spacial score (nSPS) is 10.2. The van der Waals surface area contributed by atoms with Crippen LogP contribution in [0.4, 0.5) is 0 Å². The van der Waals surface area contributed by atoms with E-state index in [0.29, 0.717) is 18.0 Å². The molecule has 126 valence electrons. The average molecular weight is 346 g/mol. The second-order valence-corrected chi connectivity index (χ2v) is 5.93. The van der Waals surface area contributed by atoms with Gasteiger partial charge in [0.05, 0.1) is 6.42 Å². The third-order valence-electron chi connectivity index (χ3n) is 3.59. The van der Waals surface area contributed by atoms with Crippen LogP contribution in [0.5, 0.6) is 0 Å². The molecule has 0 spiro atoms. The molecule has 5 heteroatoms. The van der Waals surface area contributed by atoms with Crippen molar-refractivity contribution in [1.29, 1.82) is 0 Å². The predicted molar refractivity (Wildman–Crippen MR) is 94.0 cm³/mol. The van der Waals surface area contributed by atoms with Gasteiger partial charge in [-0.05, 0) is 42.2 Å². The number of carbonyl (C=O) groups excluding carboxylic acids is 2. The molecule has 0 radical (unpaired) electrons. The maximum Gasteiger partial charge on any atom is 0.310 e.